The maximum absolute atomic E-state index is 11.6. The van der Waals surface area contributed by atoms with Crippen molar-refractivity contribution < 1.29 is 14.1 Å². The molecule has 0 fully saturated rings. The van der Waals surface area contributed by atoms with Crippen LogP contribution in [0.1, 0.15) is 23.0 Å². The van der Waals surface area contributed by atoms with Crippen molar-refractivity contribution in [3.8, 4) is 11.5 Å². The van der Waals surface area contributed by atoms with Crippen LogP contribution in [0.25, 0.3) is 11.5 Å². The number of benzene rings is 1. The molecule has 0 amide bonds. The number of rotatable bonds is 5. The number of nitrogens with one attached hydrogen (secondary N) is 1. The van der Waals surface area contributed by atoms with E-state index in [0.29, 0.717) is 18.1 Å². The number of anilines is 2. The molecule has 7 heteroatoms. The van der Waals surface area contributed by atoms with Crippen LogP contribution in [0.15, 0.2) is 40.2 Å². The van der Waals surface area contributed by atoms with Crippen molar-refractivity contribution in [2.24, 2.45) is 0 Å². The number of esters is 1. The van der Waals surface area contributed by atoms with E-state index in [1.54, 1.807) is 6.92 Å². The molecule has 3 rings (SSSR count). The normalized spacial score (nSPS) is 10.5. The highest BCUT2D eigenvalue weighted by Crippen LogP contribution is 2.27. The number of thiazole rings is 1. The van der Waals surface area contributed by atoms with Gasteiger partial charge in [0.1, 0.15) is 5.69 Å². The molecule has 1 aromatic carbocycles. The molecule has 0 unspecified atom stereocenters. The van der Waals surface area contributed by atoms with E-state index in [9.17, 15) is 4.79 Å². The van der Waals surface area contributed by atoms with Crippen LogP contribution >= 0.6 is 11.3 Å². The van der Waals surface area contributed by atoms with Crippen LogP contribution in [-0.4, -0.2) is 22.7 Å². The molecule has 0 bridgehead atoms. The third-order valence-electron chi connectivity index (χ3n) is 3.05. The Kier molecular flexibility index (Phi) is 4.38. The topological polar surface area (TPSA) is 77.2 Å². The molecule has 2 heterocycles. The fraction of sp³-hybridized carbons (Fsp3) is 0.188. The molecule has 118 valence electrons. The zero-order chi connectivity index (χ0) is 16.2. The zero-order valence-electron chi connectivity index (χ0n) is 12.7. The van der Waals surface area contributed by atoms with Gasteiger partial charge >= 0.3 is 5.97 Å². The maximum atomic E-state index is 11.6. The van der Waals surface area contributed by atoms with E-state index in [4.69, 9.17) is 9.26 Å². The summed E-state index contributed by atoms with van der Waals surface area (Å²) in [5.41, 5.74) is 2.92. The minimum atomic E-state index is -0.504. The van der Waals surface area contributed by atoms with E-state index in [-0.39, 0.29) is 5.69 Å². The van der Waals surface area contributed by atoms with Gasteiger partial charge in [-0.3, -0.25) is 0 Å². The molecule has 0 radical (unpaired) electrons. The smallest absolute Gasteiger partial charge is 0.360 e. The molecule has 1 N–H and O–H groups in total. The van der Waals surface area contributed by atoms with E-state index in [0.717, 1.165) is 10.8 Å². The number of nitrogens with zero attached hydrogens (tertiary/aromatic N) is 2. The van der Waals surface area contributed by atoms with Gasteiger partial charge in [-0.25, -0.2) is 9.78 Å². The lowest BCUT2D eigenvalue weighted by atomic mass is 10.2. The fourth-order valence-electron chi connectivity index (χ4n) is 1.90. The Labute approximate surface area is 137 Å². The van der Waals surface area contributed by atoms with Gasteiger partial charge in [0, 0.05) is 17.1 Å². The third kappa shape index (κ3) is 3.57. The van der Waals surface area contributed by atoms with Gasteiger partial charge in [0.25, 0.3) is 0 Å². The maximum Gasteiger partial charge on any atom is 0.360 e. The highest BCUT2D eigenvalue weighted by atomic mass is 32.1. The molecule has 23 heavy (non-hydrogen) atoms. The summed E-state index contributed by atoms with van der Waals surface area (Å²) in [5, 5.41) is 9.51. The predicted molar refractivity (Wildman–Crippen MR) is 88.0 cm³/mol. The van der Waals surface area contributed by atoms with Crippen LogP contribution in [0, 0.1) is 6.92 Å². The number of aryl methyl sites for hydroxylation is 1. The molecule has 3 aromatic rings. The van der Waals surface area contributed by atoms with Crippen LogP contribution < -0.4 is 5.32 Å². The van der Waals surface area contributed by atoms with Crippen molar-refractivity contribution in [1.29, 1.82) is 0 Å². The summed E-state index contributed by atoms with van der Waals surface area (Å²) in [6.45, 7) is 4.07. The van der Waals surface area contributed by atoms with Gasteiger partial charge in [-0.15, -0.1) is 11.3 Å². The van der Waals surface area contributed by atoms with Crippen LogP contribution in [0.2, 0.25) is 0 Å². The second-order valence-electron chi connectivity index (χ2n) is 4.83. The summed E-state index contributed by atoms with van der Waals surface area (Å²) in [5.74, 6) is -0.0722. The standard InChI is InChI=1S/C16H15N3O3S/c1-3-21-15(20)12-8-14(22-19-12)13-9-23-16(18-13)17-11-6-4-10(2)5-7-11/h4-9H,3H2,1-2H3,(H,17,18). The van der Waals surface area contributed by atoms with Crippen molar-refractivity contribution in [2.75, 3.05) is 11.9 Å². The number of carbonyl (C=O) groups is 1. The Morgan fingerprint density at radius 2 is 2.13 bits per heavy atom. The third-order valence-corrected chi connectivity index (χ3v) is 3.81. The van der Waals surface area contributed by atoms with Crippen molar-refractivity contribution in [3.63, 3.8) is 0 Å². The van der Waals surface area contributed by atoms with E-state index in [1.807, 2.05) is 36.6 Å². The van der Waals surface area contributed by atoms with Gasteiger partial charge < -0.3 is 14.6 Å². The summed E-state index contributed by atoms with van der Waals surface area (Å²) in [6.07, 6.45) is 0. The molecule has 0 spiro atoms. The molecule has 2 aromatic heterocycles. The van der Waals surface area contributed by atoms with Crippen molar-refractivity contribution in [3.05, 3.63) is 47.0 Å². The van der Waals surface area contributed by atoms with E-state index in [1.165, 1.54) is 23.0 Å². The Balaban J connectivity index is 1.74. The molecule has 0 saturated carbocycles. The molecule has 0 aliphatic rings. The Morgan fingerprint density at radius 1 is 1.35 bits per heavy atom. The molecule has 0 saturated heterocycles. The van der Waals surface area contributed by atoms with E-state index < -0.39 is 5.97 Å². The SMILES string of the molecule is CCOC(=O)c1cc(-c2csc(Nc3ccc(C)cc3)n2)on1. The van der Waals surface area contributed by atoms with Crippen LogP contribution in [0.3, 0.4) is 0 Å². The van der Waals surface area contributed by atoms with Gasteiger partial charge in [0.05, 0.1) is 6.61 Å². The van der Waals surface area contributed by atoms with Gasteiger partial charge in [-0.2, -0.15) is 0 Å². The number of aromatic nitrogens is 2. The monoisotopic (exact) mass is 329 g/mol. The number of ether oxygens (including phenoxy) is 1. The van der Waals surface area contributed by atoms with Crippen LogP contribution in [0.4, 0.5) is 10.8 Å². The lowest BCUT2D eigenvalue weighted by Crippen LogP contribution is -2.04. The Morgan fingerprint density at radius 3 is 2.87 bits per heavy atom. The van der Waals surface area contributed by atoms with E-state index >= 15 is 0 Å². The summed E-state index contributed by atoms with van der Waals surface area (Å²) < 4.78 is 10.0. The number of carbonyl (C=O) groups excluding carboxylic acids is 1. The lowest BCUT2D eigenvalue weighted by Gasteiger charge is -2.01. The fourth-order valence-corrected chi connectivity index (χ4v) is 2.62. The first kappa shape index (κ1) is 15.2. The van der Waals surface area contributed by atoms with Gasteiger partial charge in [0.15, 0.2) is 16.6 Å². The average molecular weight is 329 g/mol. The highest BCUT2D eigenvalue weighted by molar-refractivity contribution is 7.14. The summed E-state index contributed by atoms with van der Waals surface area (Å²) in [7, 11) is 0. The average Bonchev–Trinajstić information content (AvgIpc) is 3.19. The first-order valence-corrected chi connectivity index (χ1v) is 7.97. The second kappa shape index (κ2) is 6.62. The molecule has 0 aliphatic heterocycles. The molecule has 0 atom stereocenters. The quantitative estimate of drug-likeness (QED) is 0.712. The predicted octanol–water partition coefficient (Wildman–Crippen LogP) is 4.03. The largest absolute Gasteiger partial charge is 0.461 e. The molecule has 0 aliphatic carbocycles. The summed E-state index contributed by atoms with van der Waals surface area (Å²) >= 11 is 1.45. The number of hydrogen-bond donors (Lipinski definition) is 1. The first-order chi connectivity index (χ1) is 11.2. The lowest BCUT2D eigenvalue weighted by molar-refractivity contribution is 0.0514. The van der Waals surface area contributed by atoms with Crippen molar-refractivity contribution >= 4 is 28.1 Å². The van der Waals surface area contributed by atoms with Gasteiger partial charge in [-0.05, 0) is 26.0 Å². The van der Waals surface area contributed by atoms with Gasteiger partial charge in [0.2, 0.25) is 0 Å². The minimum Gasteiger partial charge on any atom is -0.461 e. The van der Waals surface area contributed by atoms with Crippen molar-refractivity contribution in [1.82, 2.24) is 10.1 Å². The molecular formula is C16H15N3O3S. The van der Waals surface area contributed by atoms with E-state index in [2.05, 4.69) is 15.5 Å². The molecular weight excluding hydrogens is 314 g/mol. The summed E-state index contributed by atoms with van der Waals surface area (Å²) in [6, 6.07) is 9.56. The Hall–Kier alpha value is -2.67. The van der Waals surface area contributed by atoms with Crippen LogP contribution in [0.5, 0.6) is 0 Å². The number of hydrogen-bond acceptors (Lipinski definition) is 7. The second-order valence-corrected chi connectivity index (χ2v) is 5.68. The molecule has 6 nitrogen and oxygen atoms in total. The highest BCUT2D eigenvalue weighted by Gasteiger charge is 2.16. The van der Waals surface area contributed by atoms with Crippen LogP contribution in [-0.2, 0) is 4.74 Å². The zero-order valence-corrected chi connectivity index (χ0v) is 13.5. The minimum absolute atomic E-state index is 0.142. The summed E-state index contributed by atoms with van der Waals surface area (Å²) in [4.78, 5) is 16.0. The van der Waals surface area contributed by atoms with Crippen molar-refractivity contribution in [2.45, 2.75) is 13.8 Å². The Bertz CT molecular complexity index is 808. The first-order valence-electron chi connectivity index (χ1n) is 7.09. The van der Waals surface area contributed by atoms with Gasteiger partial charge in [-0.1, -0.05) is 22.9 Å².